The zero-order valence-electron chi connectivity index (χ0n) is 14.7. The highest BCUT2D eigenvalue weighted by atomic mass is 79.9. The summed E-state index contributed by atoms with van der Waals surface area (Å²) in [5.74, 6) is 0.412. The molecule has 0 unspecified atom stereocenters. The number of carbonyl (C=O) groups is 2. The third-order valence-electron chi connectivity index (χ3n) is 4.09. The van der Waals surface area contributed by atoms with E-state index >= 15 is 0 Å². The molecule has 3 rings (SSSR count). The van der Waals surface area contributed by atoms with Crippen LogP contribution in [0.2, 0.25) is 0 Å². The second-order valence-corrected chi connectivity index (χ2v) is 7.89. The number of hydrogen-bond acceptors (Lipinski definition) is 6. The Morgan fingerprint density at radius 2 is 2.11 bits per heavy atom. The number of ether oxygens (including phenoxy) is 1. The zero-order valence-corrected chi connectivity index (χ0v) is 17.1. The number of fused-ring (bicyclic) bond motifs is 1. The SMILES string of the molecule is COCCn1c(SCCCN2C(=O)CNC2=O)nc2ccc(Br)cc2c1=O. The number of urea groups is 1. The van der Waals surface area contributed by atoms with Crippen LogP contribution >= 0.6 is 27.7 Å². The van der Waals surface area contributed by atoms with E-state index in [1.807, 2.05) is 6.07 Å². The zero-order chi connectivity index (χ0) is 19.4. The van der Waals surface area contributed by atoms with Crippen molar-refractivity contribution in [2.75, 3.05) is 32.6 Å². The lowest BCUT2D eigenvalue weighted by molar-refractivity contribution is -0.124. The first-order chi connectivity index (χ1) is 13.0. The summed E-state index contributed by atoms with van der Waals surface area (Å²) < 4.78 is 7.54. The van der Waals surface area contributed by atoms with E-state index in [1.165, 1.54) is 16.7 Å². The van der Waals surface area contributed by atoms with Gasteiger partial charge >= 0.3 is 6.03 Å². The minimum absolute atomic E-state index is 0.0598. The van der Waals surface area contributed by atoms with Crippen LogP contribution in [0, 0.1) is 0 Å². The first-order valence-corrected chi connectivity index (χ1v) is 10.2. The van der Waals surface area contributed by atoms with Crippen LogP contribution in [0.1, 0.15) is 6.42 Å². The molecule has 1 aromatic carbocycles. The predicted octanol–water partition coefficient (Wildman–Crippen LogP) is 1.84. The lowest BCUT2D eigenvalue weighted by Gasteiger charge is -2.14. The minimum Gasteiger partial charge on any atom is -0.383 e. The van der Waals surface area contributed by atoms with Crippen LogP contribution in [-0.2, 0) is 16.1 Å². The van der Waals surface area contributed by atoms with Crippen LogP contribution in [-0.4, -0.2) is 58.9 Å². The molecule has 8 nitrogen and oxygen atoms in total. The van der Waals surface area contributed by atoms with Crippen LogP contribution in [0.4, 0.5) is 4.79 Å². The smallest absolute Gasteiger partial charge is 0.324 e. The number of rotatable bonds is 8. The van der Waals surface area contributed by atoms with Crippen LogP contribution in [0.3, 0.4) is 0 Å². The Kier molecular flexibility index (Phi) is 6.51. The number of hydrogen-bond donors (Lipinski definition) is 1. The second kappa shape index (κ2) is 8.85. The molecule has 0 aliphatic carbocycles. The van der Waals surface area contributed by atoms with Gasteiger partial charge in [0.1, 0.15) is 0 Å². The Bertz CT molecular complexity index is 917. The Hall–Kier alpha value is -1.91. The molecule has 1 aliphatic rings. The summed E-state index contributed by atoms with van der Waals surface area (Å²) in [5, 5.41) is 3.64. The maximum absolute atomic E-state index is 12.9. The van der Waals surface area contributed by atoms with Crippen LogP contribution in [0.5, 0.6) is 0 Å². The van der Waals surface area contributed by atoms with Crippen molar-refractivity contribution in [1.82, 2.24) is 19.8 Å². The molecule has 0 saturated carbocycles. The van der Waals surface area contributed by atoms with Crippen molar-refractivity contribution in [2.24, 2.45) is 0 Å². The molecular formula is C17H19BrN4O4S. The van der Waals surface area contributed by atoms with Crippen molar-refractivity contribution >= 4 is 50.5 Å². The topological polar surface area (TPSA) is 93.5 Å². The lowest BCUT2D eigenvalue weighted by atomic mass is 10.2. The molecule has 27 heavy (non-hydrogen) atoms. The number of carbonyl (C=O) groups excluding carboxylic acids is 2. The molecule has 1 aliphatic heterocycles. The summed E-state index contributed by atoms with van der Waals surface area (Å²) in [7, 11) is 1.58. The fourth-order valence-electron chi connectivity index (χ4n) is 2.73. The number of nitrogens with one attached hydrogen (secondary N) is 1. The van der Waals surface area contributed by atoms with Gasteiger partial charge in [-0.15, -0.1) is 0 Å². The van der Waals surface area contributed by atoms with Gasteiger partial charge in [-0.2, -0.15) is 0 Å². The maximum Gasteiger partial charge on any atom is 0.324 e. The number of thioether (sulfide) groups is 1. The Morgan fingerprint density at radius 1 is 1.30 bits per heavy atom. The Balaban J connectivity index is 1.76. The van der Waals surface area contributed by atoms with Crippen molar-refractivity contribution < 1.29 is 14.3 Å². The lowest BCUT2D eigenvalue weighted by Crippen LogP contribution is -2.32. The largest absolute Gasteiger partial charge is 0.383 e. The molecule has 2 aromatic rings. The van der Waals surface area contributed by atoms with Gasteiger partial charge in [0.15, 0.2) is 5.16 Å². The van der Waals surface area contributed by atoms with Gasteiger partial charge in [0, 0.05) is 23.9 Å². The van der Waals surface area contributed by atoms with Gasteiger partial charge in [-0.05, 0) is 24.6 Å². The predicted molar refractivity (Wildman–Crippen MR) is 106 cm³/mol. The minimum atomic E-state index is -0.351. The molecule has 0 spiro atoms. The van der Waals surface area contributed by atoms with Gasteiger partial charge in [0.2, 0.25) is 5.91 Å². The molecule has 1 N–H and O–H groups in total. The highest BCUT2D eigenvalue weighted by Gasteiger charge is 2.27. The molecule has 1 fully saturated rings. The van der Waals surface area contributed by atoms with Crippen molar-refractivity contribution in [3.63, 3.8) is 0 Å². The van der Waals surface area contributed by atoms with Gasteiger partial charge in [0.05, 0.1) is 30.6 Å². The van der Waals surface area contributed by atoms with E-state index in [0.717, 1.165) is 4.47 Å². The molecule has 2 heterocycles. The molecule has 0 atom stereocenters. The summed E-state index contributed by atoms with van der Waals surface area (Å²) in [4.78, 5) is 41.8. The molecule has 3 amide bonds. The Morgan fingerprint density at radius 3 is 2.81 bits per heavy atom. The number of nitrogens with zero attached hydrogens (tertiary/aromatic N) is 3. The summed E-state index contributed by atoms with van der Waals surface area (Å²) in [5.41, 5.74) is 0.517. The van der Waals surface area contributed by atoms with Gasteiger partial charge in [-0.1, -0.05) is 27.7 Å². The number of benzene rings is 1. The van der Waals surface area contributed by atoms with Gasteiger partial charge in [-0.25, -0.2) is 9.78 Å². The first-order valence-electron chi connectivity index (χ1n) is 8.41. The number of imide groups is 1. The molecule has 1 saturated heterocycles. The average molecular weight is 455 g/mol. The Labute approximate surface area is 168 Å². The highest BCUT2D eigenvalue weighted by molar-refractivity contribution is 9.10. The summed E-state index contributed by atoms with van der Waals surface area (Å²) in [6.45, 7) is 1.21. The second-order valence-electron chi connectivity index (χ2n) is 5.91. The summed E-state index contributed by atoms with van der Waals surface area (Å²) >= 11 is 4.82. The van der Waals surface area contributed by atoms with Crippen molar-refractivity contribution in [3.05, 3.63) is 33.0 Å². The van der Waals surface area contributed by atoms with Gasteiger partial charge in [-0.3, -0.25) is 19.1 Å². The first kappa shape index (κ1) is 19.8. The third-order valence-corrected chi connectivity index (χ3v) is 5.65. The normalized spacial score (nSPS) is 14.2. The molecule has 0 bridgehead atoms. The van der Waals surface area contributed by atoms with Crippen LogP contribution < -0.4 is 10.9 Å². The van der Waals surface area contributed by atoms with Gasteiger partial charge < -0.3 is 10.1 Å². The van der Waals surface area contributed by atoms with Crippen LogP contribution in [0.15, 0.2) is 32.6 Å². The van der Waals surface area contributed by atoms with E-state index in [9.17, 15) is 14.4 Å². The van der Waals surface area contributed by atoms with Crippen molar-refractivity contribution in [1.29, 1.82) is 0 Å². The van der Waals surface area contributed by atoms with E-state index in [2.05, 4.69) is 26.2 Å². The molecular weight excluding hydrogens is 436 g/mol. The van der Waals surface area contributed by atoms with E-state index in [4.69, 9.17) is 4.74 Å². The van der Waals surface area contributed by atoms with E-state index < -0.39 is 0 Å². The summed E-state index contributed by atoms with van der Waals surface area (Å²) in [6.07, 6.45) is 0.613. The fraction of sp³-hybridized carbons (Fsp3) is 0.412. The number of halogens is 1. The molecule has 1 aromatic heterocycles. The number of amides is 3. The monoisotopic (exact) mass is 454 g/mol. The van der Waals surface area contributed by atoms with Crippen LogP contribution in [0.25, 0.3) is 10.9 Å². The number of methoxy groups -OCH3 is 1. The molecule has 10 heteroatoms. The average Bonchev–Trinajstić information content (AvgIpc) is 2.97. The van der Waals surface area contributed by atoms with Crippen molar-refractivity contribution in [3.8, 4) is 0 Å². The standard InChI is InChI=1S/C17H19BrN4O4S/c1-26-7-6-22-15(24)12-9-11(18)3-4-13(12)20-17(22)27-8-2-5-21-14(23)10-19-16(21)25/h3-4,9H,2,5-8,10H2,1H3,(H,19,25). The van der Waals surface area contributed by atoms with Gasteiger partial charge in [0.25, 0.3) is 5.56 Å². The van der Waals surface area contributed by atoms with E-state index in [0.29, 0.717) is 47.9 Å². The third kappa shape index (κ3) is 4.50. The van der Waals surface area contributed by atoms with Crippen molar-refractivity contribution in [2.45, 2.75) is 18.1 Å². The van der Waals surface area contributed by atoms with E-state index in [1.54, 1.807) is 23.8 Å². The molecule has 0 radical (unpaired) electrons. The maximum atomic E-state index is 12.9. The fourth-order valence-corrected chi connectivity index (χ4v) is 4.04. The quantitative estimate of drug-likeness (QED) is 0.283. The highest BCUT2D eigenvalue weighted by Crippen LogP contribution is 2.21. The molecule has 144 valence electrons. The summed E-state index contributed by atoms with van der Waals surface area (Å²) in [6, 6.07) is 5.07. The number of aromatic nitrogens is 2. The van der Waals surface area contributed by atoms with E-state index in [-0.39, 0.29) is 24.0 Å².